The first-order chi connectivity index (χ1) is 11.0. The number of methoxy groups -OCH3 is 1. The van der Waals surface area contributed by atoms with Crippen LogP contribution in [0.1, 0.15) is 18.9 Å². The average molecular weight is 350 g/mol. The van der Waals surface area contributed by atoms with Gasteiger partial charge in [-0.25, -0.2) is 4.79 Å². The molecule has 2 N–H and O–H groups in total. The molecule has 1 heterocycles. The summed E-state index contributed by atoms with van der Waals surface area (Å²) in [7, 11) is 1.60. The van der Waals surface area contributed by atoms with Crippen molar-refractivity contribution < 1.29 is 14.3 Å². The second kappa shape index (κ2) is 7.77. The Bertz CT molecular complexity index is 662. The maximum Gasteiger partial charge on any atom is 0.350 e. The molecule has 0 saturated heterocycles. The summed E-state index contributed by atoms with van der Waals surface area (Å²) >= 11 is 2.75. The van der Waals surface area contributed by atoms with Gasteiger partial charge in [0.1, 0.15) is 6.07 Å². The number of esters is 1. The Kier molecular flexibility index (Phi) is 5.99. The number of carbonyl (C=O) groups excluding carboxylic acids is 1. The van der Waals surface area contributed by atoms with Gasteiger partial charge in [0, 0.05) is 29.0 Å². The van der Waals surface area contributed by atoms with Crippen LogP contribution in [-0.4, -0.2) is 25.8 Å². The Balaban J connectivity index is 2.14. The van der Waals surface area contributed by atoms with Gasteiger partial charge in [0.25, 0.3) is 0 Å². The SMILES string of the molecule is COC(C)CCOC(=O)/C(C#N)=C1/Sc2c(C)ccc(N)c2S1. The molecule has 1 aromatic rings. The molecule has 0 amide bonds. The van der Waals surface area contributed by atoms with E-state index >= 15 is 0 Å². The highest BCUT2D eigenvalue weighted by atomic mass is 32.2. The Morgan fingerprint density at radius 2 is 2.09 bits per heavy atom. The molecule has 23 heavy (non-hydrogen) atoms. The molecule has 0 bridgehead atoms. The van der Waals surface area contributed by atoms with Gasteiger partial charge in [0.15, 0.2) is 5.57 Å². The fraction of sp³-hybridized carbons (Fsp3) is 0.375. The minimum absolute atomic E-state index is 0.00271. The maximum atomic E-state index is 12.2. The Morgan fingerprint density at radius 3 is 2.70 bits per heavy atom. The lowest BCUT2D eigenvalue weighted by Gasteiger charge is -2.09. The van der Waals surface area contributed by atoms with E-state index in [4.69, 9.17) is 15.2 Å². The van der Waals surface area contributed by atoms with E-state index in [1.165, 1.54) is 23.5 Å². The molecular formula is C16H18N2O3S2. The monoisotopic (exact) mass is 350 g/mol. The number of nitrogens with two attached hydrogens (primary N) is 1. The van der Waals surface area contributed by atoms with Crippen molar-refractivity contribution in [1.82, 2.24) is 0 Å². The zero-order valence-electron chi connectivity index (χ0n) is 13.2. The lowest BCUT2D eigenvalue weighted by Crippen LogP contribution is -2.14. The standard InChI is InChI=1S/C16H18N2O3S2/c1-9-4-5-12(18)14-13(9)22-16(23-14)11(8-17)15(19)21-7-6-10(2)20-3/h4-5,10H,6-7,18H2,1-3H3/b16-11-. The third kappa shape index (κ3) is 4.02. The third-order valence-electron chi connectivity index (χ3n) is 3.41. The predicted molar refractivity (Wildman–Crippen MR) is 92.0 cm³/mol. The van der Waals surface area contributed by atoms with Gasteiger partial charge in [0.05, 0.1) is 16.9 Å². The minimum atomic E-state index is -0.602. The van der Waals surface area contributed by atoms with Crippen LogP contribution in [0, 0.1) is 18.3 Å². The summed E-state index contributed by atoms with van der Waals surface area (Å²) in [5, 5.41) is 9.34. The molecule has 5 nitrogen and oxygen atoms in total. The average Bonchev–Trinajstić information content (AvgIpc) is 2.97. The number of nitrogen functional groups attached to an aromatic ring is 1. The van der Waals surface area contributed by atoms with Crippen LogP contribution in [0.3, 0.4) is 0 Å². The van der Waals surface area contributed by atoms with Crippen LogP contribution < -0.4 is 5.73 Å². The highest BCUT2D eigenvalue weighted by Gasteiger charge is 2.28. The van der Waals surface area contributed by atoms with Crippen molar-refractivity contribution in [2.45, 2.75) is 36.2 Å². The number of nitriles is 1. The number of ether oxygens (including phenoxy) is 2. The summed E-state index contributed by atoms with van der Waals surface area (Å²) in [4.78, 5) is 14.1. The number of hydrogen-bond acceptors (Lipinski definition) is 7. The number of thioether (sulfide) groups is 2. The first kappa shape index (κ1) is 17.7. The Morgan fingerprint density at radius 1 is 1.39 bits per heavy atom. The van der Waals surface area contributed by atoms with Gasteiger partial charge < -0.3 is 15.2 Å². The Hall–Kier alpha value is -1.62. The molecule has 122 valence electrons. The van der Waals surface area contributed by atoms with Crippen molar-refractivity contribution in [1.29, 1.82) is 5.26 Å². The number of fused-ring (bicyclic) bond motifs is 1. The fourth-order valence-electron chi connectivity index (χ4n) is 1.90. The van der Waals surface area contributed by atoms with Crippen molar-refractivity contribution in [2.75, 3.05) is 19.5 Å². The number of hydrogen-bond donors (Lipinski definition) is 1. The van der Waals surface area contributed by atoms with E-state index in [0.717, 1.165) is 15.4 Å². The topological polar surface area (TPSA) is 85.3 Å². The molecule has 1 aliphatic heterocycles. The minimum Gasteiger partial charge on any atom is -0.461 e. The van der Waals surface area contributed by atoms with Gasteiger partial charge in [-0.2, -0.15) is 5.26 Å². The molecule has 2 rings (SSSR count). The van der Waals surface area contributed by atoms with Gasteiger partial charge in [-0.15, -0.1) is 0 Å². The molecule has 1 unspecified atom stereocenters. The number of rotatable bonds is 5. The van der Waals surface area contributed by atoms with Crippen LogP contribution in [-0.2, 0) is 14.3 Å². The molecule has 1 atom stereocenters. The molecule has 0 radical (unpaired) electrons. The summed E-state index contributed by atoms with van der Waals surface area (Å²) in [6.45, 7) is 4.09. The van der Waals surface area contributed by atoms with Crippen molar-refractivity contribution >= 4 is 35.2 Å². The summed E-state index contributed by atoms with van der Waals surface area (Å²) in [6, 6.07) is 5.73. The lowest BCUT2D eigenvalue weighted by molar-refractivity contribution is -0.139. The number of anilines is 1. The van der Waals surface area contributed by atoms with Crippen LogP contribution in [0.5, 0.6) is 0 Å². The number of nitrogens with zero attached hydrogens (tertiary/aromatic N) is 1. The lowest BCUT2D eigenvalue weighted by atomic mass is 10.2. The van der Waals surface area contributed by atoms with Crippen molar-refractivity contribution in [3.05, 3.63) is 27.5 Å². The quantitative estimate of drug-likeness (QED) is 0.376. The zero-order chi connectivity index (χ0) is 17.0. The van der Waals surface area contributed by atoms with Gasteiger partial charge in [-0.3, -0.25) is 0 Å². The van der Waals surface area contributed by atoms with Crippen molar-refractivity contribution in [3.8, 4) is 6.07 Å². The summed E-state index contributed by atoms with van der Waals surface area (Å²) in [5.74, 6) is -0.602. The molecule has 7 heteroatoms. The van der Waals surface area contributed by atoms with Crippen LogP contribution >= 0.6 is 23.5 Å². The molecule has 1 aromatic carbocycles. The second-order valence-electron chi connectivity index (χ2n) is 5.08. The molecule has 0 aliphatic carbocycles. The molecule has 1 aliphatic rings. The number of aryl methyl sites for hydroxylation is 1. The first-order valence-electron chi connectivity index (χ1n) is 7.07. The summed E-state index contributed by atoms with van der Waals surface area (Å²) in [5.41, 5.74) is 7.73. The fourth-order valence-corrected chi connectivity index (χ4v) is 4.53. The van der Waals surface area contributed by atoms with E-state index < -0.39 is 5.97 Å². The molecular weight excluding hydrogens is 332 g/mol. The van der Waals surface area contributed by atoms with E-state index in [0.29, 0.717) is 16.3 Å². The smallest absolute Gasteiger partial charge is 0.350 e. The van der Waals surface area contributed by atoms with E-state index in [1.807, 2.05) is 32.0 Å². The summed E-state index contributed by atoms with van der Waals surface area (Å²) in [6.07, 6.45) is 0.589. The van der Waals surface area contributed by atoms with E-state index in [9.17, 15) is 10.1 Å². The largest absolute Gasteiger partial charge is 0.461 e. The highest BCUT2D eigenvalue weighted by molar-refractivity contribution is 8.24. The van der Waals surface area contributed by atoms with Crippen LogP contribution in [0.2, 0.25) is 0 Å². The van der Waals surface area contributed by atoms with Crippen LogP contribution in [0.25, 0.3) is 0 Å². The van der Waals surface area contributed by atoms with Crippen molar-refractivity contribution in [3.63, 3.8) is 0 Å². The number of carbonyl (C=O) groups is 1. The summed E-state index contributed by atoms with van der Waals surface area (Å²) < 4.78 is 10.9. The van der Waals surface area contributed by atoms with Crippen LogP contribution in [0.4, 0.5) is 5.69 Å². The van der Waals surface area contributed by atoms with Gasteiger partial charge in [-0.1, -0.05) is 29.6 Å². The molecule has 0 spiro atoms. The molecule has 0 saturated carbocycles. The zero-order valence-corrected chi connectivity index (χ0v) is 14.8. The highest BCUT2D eigenvalue weighted by Crippen LogP contribution is 2.55. The molecule has 0 fully saturated rings. The predicted octanol–water partition coefficient (Wildman–Crippen LogP) is 3.48. The van der Waals surface area contributed by atoms with E-state index in [2.05, 4.69) is 0 Å². The van der Waals surface area contributed by atoms with Gasteiger partial charge in [-0.05, 0) is 25.5 Å². The molecule has 0 aromatic heterocycles. The second-order valence-corrected chi connectivity index (χ2v) is 7.38. The van der Waals surface area contributed by atoms with Gasteiger partial charge >= 0.3 is 5.97 Å². The first-order valence-corrected chi connectivity index (χ1v) is 8.70. The van der Waals surface area contributed by atoms with Crippen LogP contribution in [0.15, 0.2) is 31.7 Å². The van der Waals surface area contributed by atoms with E-state index in [1.54, 1.807) is 7.11 Å². The Labute approximate surface area is 144 Å². The van der Waals surface area contributed by atoms with Crippen molar-refractivity contribution in [2.24, 2.45) is 0 Å². The third-order valence-corrected chi connectivity index (χ3v) is 6.19. The maximum absolute atomic E-state index is 12.2. The van der Waals surface area contributed by atoms with Gasteiger partial charge in [0.2, 0.25) is 0 Å². The normalized spacial score (nSPS) is 16.4. The van der Waals surface area contributed by atoms with E-state index in [-0.39, 0.29) is 18.3 Å². The number of benzene rings is 1.